The van der Waals surface area contributed by atoms with Crippen LogP contribution in [0.3, 0.4) is 0 Å². The Hall–Kier alpha value is -3.54. The lowest BCUT2D eigenvalue weighted by atomic mass is 10.0. The summed E-state index contributed by atoms with van der Waals surface area (Å²) >= 11 is 0. The zero-order valence-electron chi connectivity index (χ0n) is 16.8. The number of rotatable bonds is 5. The Morgan fingerprint density at radius 1 is 1.14 bits per heavy atom. The summed E-state index contributed by atoms with van der Waals surface area (Å²) in [5, 5.41) is 5.24. The van der Waals surface area contributed by atoms with Gasteiger partial charge in [-0.2, -0.15) is 5.10 Å². The summed E-state index contributed by atoms with van der Waals surface area (Å²) in [6.45, 7) is 5.41. The number of aromatic nitrogens is 4. The maximum absolute atomic E-state index is 13.4. The highest BCUT2D eigenvalue weighted by atomic mass is 16.2. The van der Waals surface area contributed by atoms with E-state index >= 15 is 0 Å². The van der Waals surface area contributed by atoms with Gasteiger partial charge < -0.3 is 4.90 Å². The van der Waals surface area contributed by atoms with Gasteiger partial charge in [0.25, 0.3) is 5.91 Å². The van der Waals surface area contributed by atoms with Gasteiger partial charge in [-0.05, 0) is 38.1 Å². The topological polar surface area (TPSA) is 63.9 Å². The average molecular weight is 385 g/mol. The number of carbonyl (C=O) groups excluding carboxylic acids is 1. The molecule has 0 aliphatic carbocycles. The Morgan fingerprint density at radius 2 is 1.90 bits per heavy atom. The van der Waals surface area contributed by atoms with Crippen LogP contribution < -0.4 is 0 Å². The van der Waals surface area contributed by atoms with Crippen LogP contribution in [-0.2, 0) is 13.1 Å². The van der Waals surface area contributed by atoms with E-state index in [-0.39, 0.29) is 5.91 Å². The monoisotopic (exact) mass is 385 g/mol. The number of pyridine rings is 2. The van der Waals surface area contributed by atoms with E-state index in [9.17, 15) is 4.79 Å². The molecular weight excluding hydrogens is 362 g/mol. The average Bonchev–Trinajstić information content (AvgIpc) is 3.12. The predicted molar refractivity (Wildman–Crippen MR) is 113 cm³/mol. The maximum atomic E-state index is 13.4. The van der Waals surface area contributed by atoms with E-state index in [1.807, 2.05) is 67.3 Å². The van der Waals surface area contributed by atoms with Gasteiger partial charge in [-0.25, -0.2) is 4.98 Å². The van der Waals surface area contributed by atoms with E-state index in [0.29, 0.717) is 12.1 Å². The Morgan fingerprint density at radius 3 is 2.62 bits per heavy atom. The molecule has 0 atom stereocenters. The molecule has 0 aliphatic rings. The van der Waals surface area contributed by atoms with Crippen LogP contribution in [0.15, 0.2) is 61.1 Å². The largest absolute Gasteiger partial charge is 0.337 e. The summed E-state index contributed by atoms with van der Waals surface area (Å²) < 4.78 is 1.94. The molecule has 0 spiro atoms. The lowest BCUT2D eigenvalue weighted by molar-refractivity contribution is 0.0787. The number of amides is 1. The van der Waals surface area contributed by atoms with Gasteiger partial charge in [-0.15, -0.1) is 0 Å². The lowest BCUT2D eigenvalue weighted by Gasteiger charge is -2.19. The number of hydrogen-bond donors (Lipinski definition) is 0. The molecule has 3 heterocycles. The highest BCUT2D eigenvalue weighted by Crippen LogP contribution is 2.26. The van der Waals surface area contributed by atoms with E-state index in [1.54, 1.807) is 17.3 Å². The lowest BCUT2D eigenvalue weighted by Crippen LogP contribution is -2.26. The van der Waals surface area contributed by atoms with Gasteiger partial charge in [0, 0.05) is 54.7 Å². The second kappa shape index (κ2) is 7.83. The zero-order valence-corrected chi connectivity index (χ0v) is 16.8. The molecule has 6 heteroatoms. The SMILES string of the molecule is CCn1ncc(CN(C)C(=O)c2cc(-c3ccncc3)nc3ccccc23)c1C. The van der Waals surface area contributed by atoms with E-state index in [4.69, 9.17) is 4.98 Å². The third kappa shape index (κ3) is 3.61. The smallest absolute Gasteiger partial charge is 0.254 e. The summed E-state index contributed by atoms with van der Waals surface area (Å²) in [5.41, 5.74) is 5.28. The molecule has 1 amide bonds. The van der Waals surface area contributed by atoms with Gasteiger partial charge in [0.05, 0.1) is 23.0 Å². The fourth-order valence-electron chi connectivity index (χ4n) is 3.52. The maximum Gasteiger partial charge on any atom is 0.254 e. The third-order valence-electron chi connectivity index (χ3n) is 5.18. The first-order valence-electron chi connectivity index (χ1n) is 9.65. The summed E-state index contributed by atoms with van der Waals surface area (Å²) in [4.78, 5) is 24.0. The Kier molecular flexibility index (Phi) is 5.08. The molecule has 0 fully saturated rings. The molecule has 1 aromatic carbocycles. The van der Waals surface area contributed by atoms with Crippen LogP contribution in [0.2, 0.25) is 0 Å². The van der Waals surface area contributed by atoms with Gasteiger partial charge in [-0.1, -0.05) is 18.2 Å². The van der Waals surface area contributed by atoms with Crippen LogP contribution in [-0.4, -0.2) is 37.6 Å². The number of benzene rings is 1. The van der Waals surface area contributed by atoms with Gasteiger partial charge in [0.2, 0.25) is 0 Å². The van der Waals surface area contributed by atoms with Gasteiger partial charge >= 0.3 is 0 Å². The van der Waals surface area contributed by atoms with Crippen molar-refractivity contribution in [2.45, 2.75) is 26.9 Å². The molecule has 3 aromatic heterocycles. The van der Waals surface area contributed by atoms with E-state index in [0.717, 1.165) is 40.0 Å². The summed E-state index contributed by atoms with van der Waals surface area (Å²) in [5.74, 6) is -0.0393. The van der Waals surface area contributed by atoms with Crippen LogP contribution >= 0.6 is 0 Å². The first-order valence-corrected chi connectivity index (χ1v) is 9.65. The molecule has 0 saturated carbocycles. The van der Waals surface area contributed by atoms with Crippen molar-refractivity contribution in [3.8, 4) is 11.3 Å². The van der Waals surface area contributed by atoms with Gasteiger partial charge in [0.1, 0.15) is 0 Å². The fraction of sp³-hybridized carbons (Fsp3) is 0.217. The Labute approximate surface area is 169 Å². The number of nitrogens with zero attached hydrogens (tertiary/aromatic N) is 5. The van der Waals surface area contributed by atoms with Crippen molar-refractivity contribution in [2.75, 3.05) is 7.05 Å². The highest BCUT2D eigenvalue weighted by molar-refractivity contribution is 6.07. The van der Waals surface area contributed by atoms with Gasteiger partial charge in [0.15, 0.2) is 0 Å². The van der Waals surface area contributed by atoms with Crippen LogP contribution in [0.5, 0.6) is 0 Å². The second-order valence-corrected chi connectivity index (χ2v) is 7.04. The van der Waals surface area contributed by atoms with Crippen molar-refractivity contribution in [1.82, 2.24) is 24.6 Å². The minimum absolute atomic E-state index is 0.0393. The molecule has 4 aromatic rings. The number of para-hydroxylation sites is 1. The van der Waals surface area contributed by atoms with Crippen LogP contribution in [0, 0.1) is 6.92 Å². The van der Waals surface area contributed by atoms with Crippen molar-refractivity contribution in [3.05, 3.63) is 77.9 Å². The summed E-state index contributed by atoms with van der Waals surface area (Å²) in [6, 6.07) is 13.4. The quantitative estimate of drug-likeness (QED) is 0.519. The molecule has 0 saturated heterocycles. The Balaban J connectivity index is 1.73. The van der Waals surface area contributed by atoms with Crippen molar-refractivity contribution in [2.24, 2.45) is 0 Å². The Bertz CT molecular complexity index is 1170. The van der Waals surface area contributed by atoms with Crippen LogP contribution in [0.1, 0.15) is 28.5 Å². The van der Waals surface area contributed by atoms with Crippen molar-refractivity contribution >= 4 is 16.8 Å². The molecular formula is C23H23N5O. The van der Waals surface area contributed by atoms with Gasteiger partial charge in [-0.3, -0.25) is 14.5 Å². The standard InChI is InChI=1S/C23H23N5O/c1-4-28-16(2)18(14-25-28)15-27(3)23(29)20-13-22(17-9-11-24-12-10-17)26-21-8-6-5-7-19(20)21/h5-14H,4,15H2,1-3H3. The fourth-order valence-corrected chi connectivity index (χ4v) is 3.52. The van der Waals surface area contributed by atoms with Crippen LogP contribution in [0.25, 0.3) is 22.2 Å². The number of fused-ring (bicyclic) bond motifs is 1. The molecule has 0 unspecified atom stereocenters. The molecule has 146 valence electrons. The molecule has 0 bridgehead atoms. The molecule has 6 nitrogen and oxygen atoms in total. The number of hydrogen-bond acceptors (Lipinski definition) is 4. The molecule has 0 N–H and O–H groups in total. The van der Waals surface area contributed by atoms with Crippen molar-refractivity contribution in [3.63, 3.8) is 0 Å². The first kappa shape index (κ1) is 18.8. The van der Waals surface area contributed by atoms with E-state index in [1.165, 1.54) is 0 Å². The minimum Gasteiger partial charge on any atom is -0.337 e. The molecule has 4 rings (SSSR count). The normalized spacial score (nSPS) is 11.0. The molecule has 0 radical (unpaired) electrons. The minimum atomic E-state index is -0.0393. The van der Waals surface area contributed by atoms with Crippen LogP contribution in [0.4, 0.5) is 0 Å². The summed E-state index contributed by atoms with van der Waals surface area (Å²) in [7, 11) is 1.83. The zero-order chi connectivity index (χ0) is 20.4. The molecule has 29 heavy (non-hydrogen) atoms. The second-order valence-electron chi connectivity index (χ2n) is 7.04. The molecule has 0 aliphatic heterocycles. The van der Waals surface area contributed by atoms with E-state index in [2.05, 4.69) is 17.0 Å². The number of carbonyl (C=O) groups is 1. The van der Waals surface area contributed by atoms with E-state index < -0.39 is 0 Å². The van der Waals surface area contributed by atoms with Crippen molar-refractivity contribution in [1.29, 1.82) is 0 Å². The number of aryl methyl sites for hydroxylation is 1. The van der Waals surface area contributed by atoms with Crippen molar-refractivity contribution < 1.29 is 4.79 Å². The predicted octanol–water partition coefficient (Wildman–Crippen LogP) is 4.09. The third-order valence-corrected chi connectivity index (χ3v) is 5.18. The summed E-state index contributed by atoms with van der Waals surface area (Å²) in [6.07, 6.45) is 5.30. The first-order chi connectivity index (χ1) is 14.1. The highest BCUT2D eigenvalue weighted by Gasteiger charge is 2.19.